The van der Waals surface area contributed by atoms with Crippen LogP contribution in [0, 0.1) is 11.7 Å². The first-order chi connectivity index (χ1) is 10.2. The highest BCUT2D eigenvalue weighted by molar-refractivity contribution is 5.19. The van der Waals surface area contributed by atoms with Gasteiger partial charge in [0.15, 0.2) is 0 Å². The van der Waals surface area contributed by atoms with Gasteiger partial charge in [0.1, 0.15) is 5.82 Å². The van der Waals surface area contributed by atoms with Crippen molar-refractivity contribution in [2.45, 2.75) is 51.5 Å². The van der Waals surface area contributed by atoms with Crippen molar-refractivity contribution in [3.63, 3.8) is 0 Å². The molecule has 1 fully saturated rings. The van der Waals surface area contributed by atoms with Gasteiger partial charge in [0.25, 0.3) is 0 Å². The molecule has 0 radical (unpaired) electrons. The fourth-order valence-corrected chi connectivity index (χ4v) is 3.37. The van der Waals surface area contributed by atoms with Crippen LogP contribution in [-0.4, -0.2) is 24.5 Å². The minimum absolute atomic E-state index is 0.0598. The monoisotopic (exact) mass is 292 g/mol. The molecule has 0 aliphatic carbocycles. The summed E-state index contributed by atoms with van der Waals surface area (Å²) in [7, 11) is 0. The van der Waals surface area contributed by atoms with E-state index < -0.39 is 0 Å². The van der Waals surface area contributed by atoms with Crippen LogP contribution in [0.15, 0.2) is 24.3 Å². The average Bonchev–Trinajstić information content (AvgIpc) is 2.71. The Balaban J connectivity index is 1.77. The van der Waals surface area contributed by atoms with Crippen LogP contribution in [0.25, 0.3) is 0 Å². The summed E-state index contributed by atoms with van der Waals surface area (Å²) in [5.74, 6) is 0.719. The second kappa shape index (κ2) is 8.50. The normalized spacial score (nSPS) is 22.0. The van der Waals surface area contributed by atoms with Crippen LogP contribution in [-0.2, 0) is 0 Å². The molecular weight excluding hydrogens is 263 g/mol. The topological polar surface area (TPSA) is 29.3 Å². The van der Waals surface area contributed by atoms with E-state index in [0.717, 1.165) is 24.4 Å². The molecule has 2 nitrogen and oxygen atoms in total. The molecule has 2 unspecified atom stereocenters. The van der Waals surface area contributed by atoms with Crippen LogP contribution < -0.4 is 5.73 Å². The minimum Gasteiger partial charge on any atom is -0.324 e. The molecule has 1 heterocycles. The number of benzene rings is 1. The number of halogens is 1. The van der Waals surface area contributed by atoms with Gasteiger partial charge in [-0.2, -0.15) is 0 Å². The van der Waals surface area contributed by atoms with E-state index in [1.165, 1.54) is 51.3 Å². The summed E-state index contributed by atoms with van der Waals surface area (Å²) in [6, 6.07) is 6.64. The standard InChI is InChI=1S/C18H29FN2/c1-2-5-15-6-4-11-21(12-9-15)13-10-18(20)16-7-3-8-17(19)14-16/h3,7-8,14-15,18H,2,4-6,9-13,20H2,1H3. The van der Waals surface area contributed by atoms with Crippen LogP contribution in [0.4, 0.5) is 4.39 Å². The van der Waals surface area contributed by atoms with E-state index in [2.05, 4.69) is 11.8 Å². The summed E-state index contributed by atoms with van der Waals surface area (Å²) in [6.07, 6.45) is 7.58. The van der Waals surface area contributed by atoms with E-state index in [0.29, 0.717) is 0 Å². The molecule has 0 aromatic heterocycles. The van der Waals surface area contributed by atoms with Crippen molar-refractivity contribution in [3.8, 4) is 0 Å². The molecule has 0 amide bonds. The molecule has 2 N–H and O–H groups in total. The zero-order valence-electron chi connectivity index (χ0n) is 13.2. The highest BCUT2D eigenvalue weighted by Crippen LogP contribution is 2.23. The summed E-state index contributed by atoms with van der Waals surface area (Å²) in [5.41, 5.74) is 7.11. The average molecular weight is 292 g/mol. The third-order valence-electron chi connectivity index (χ3n) is 4.67. The lowest BCUT2D eigenvalue weighted by atomic mass is 9.96. The molecular formula is C18H29FN2. The highest BCUT2D eigenvalue weighted by atomic mass is 19.1. The van der Waals surface area contributed by atoms with Gasteiger partial charge in [-0.05, 0) is 68.9 Å². The number of likely N-dealkylation sites (tertiary alicyclic amines) is 1. The molecule has 1 aliphatic rings. The van der Waals surface area contributed by atoms with Crippen molar-refractivity contribution in [1.82, 2.24) is 4.90 Å². The van der Waals surface area contributed by atoms with Gasteiger partial charge in [0.2, 0.25) is 0 Å². The van der Waals surface area contributed by atoms with E-state index in [1.807, 2.05) is 6.07 Å². The van der Waals surface area contributed by atoms with Crippen molar-refractivity contribution in [1.29, 1.82) is 0 Å². The van der Waals surface area contributed by atoms with Gasteiger partial charge in [-0.3, -0.25) is 0 Å². The van der Waals surface area contributed by atoms with Gasteiger partial charge >= 0.3 is 0 Å². The first-order valence-corrected chi connectivity index (χ1v) is 8.42. The zero-order valence-corrected chi connectivity index (χ0v) is 13.2. The molecule has 2 rings (SSSR count). The number of rotatable bonds is 6. The van der Waals surface area contributed by atoms with Gasteiger partial charge in [-0.25, -0.2) is 4.39 Å². The Morgan fingerprint density at radius 2 is 2.19 bits per heavy atom. The van der Waals surface area contributed by atoms with Crippen LogP contribution in [0.2, 0.25) is 0 Å². The number of hydrogen-bond donors (Lipinski definition) is 1. The zero-order chi connectivity index (χ0) is 15.1. The Morgan fingerprint density at radius 1 is 1.33 bits per heavy atom. The van der Waals surface area contributed by atoms with Gasteiger partial charge in [-0.15, -0.1) is 0 Å². The molecule has 1 aromatic carbocycles. The predicted octanol–water partition coefficient (Wildman–Crippen LogP) is 4.12. The molecule has 118 valence electrons. The van der Waals surface area contributed by atoms with Crippen molar-refractivity contribution in [2.24, 2.45) is 11.7 Å². The molecule has 2 atom stereocenters. The summed E-state index contributed by atoms with van der Waals surface area (Å²) >= 11 is 0. The Bertz CT molecular complexity index is 421. The van der Waals surface area contributed by atoms with E-state index in [-0.39, 0.29) is 11.9 Å². The maximum Gasteiger partial charge on any atom is 0.123 e. The summed E-state index contributed by atoms with van der Waals surface area (Å²) in [4.78, 5) is 2.54. The summed E-state index contributed by atoms with van der Waals surface area (Å²) < 4.78 is 13.2. The Hall–Kier alpha value is -0.930. The molecule has 0 bridgehead atoms. The highest BCUT2D eigenvalue weighted by Gasteiger charge is 2.17. The molecule has 0 spiro atoms. The Kier molecular flexibility index (Phi) is 6.65. The molecule has 1 aliphatic heterocycles. The first kappa shape index (κ1) is 16.4. The second-order valence-electron chi connectivity index (χ2n) is 6.38. The largest absolute Gasteiger partial charge is 0.324 e. The quantitative estimate of drug-likeness (QED) is 0.854. The van der Waals surface area contributed by atoms with Crippen molar-refractivity contribution >= 4 is 0 Å². The second-order valence-corrected chi connectivity index (χ2v) is 6.38. The number of nitrogens with two attached hydrogens (primary N) is 1. The smallest absolute Gasteiger partial charge is 0.123 e. The van der Waals surface area contributed by atoms with Gasteiger partial charge in [0, 0.05) is 6.04 Å². The van der Waals surface area contributed by atoms with Gasteiger partial charge < -0.3 is 10.6 Å². The lowest BCUT2D eigenvalue weighted by molar-refractivity contribution is 0.268. The fourth-order valence-electron chi connectivity index (χ4n) is 3.37. The minimum atomic E-state index is -0.194. The molecule has 21 heavy (non-hydrogen) atoms. The predicted molar refractivity (Wildman–Crippen MR) is 86.6 cm³/mol. The summed E-state index contributed by atoms with van der Waals surface area (Å²) in [5, 5.41) is 0. The van der Waals surface area contributed by atoms with Gasteiger partial charge in [0.05, 0.1) is 0 Å². The molecule has 1 aromatic rings. The van der Waals surface area contributed by atoms with E-state index in [1.54, 1.807) is 12.1 Å². The van der Waals surface area contributed by atoms with Crippen molar-refractivity contribution in [2.75, 3.05) is 19.6 Å². The SMILES string of the molecule is CCCC1CCCN(CCC(N)c2cccc(F)c2)CC1. The van der Waals surface area contributed by atoms with Crippen molar-refractivity contribution in [3.05, 3.63) is 35.6 Å². The summed E-state index contributed by atoms with van der Waals surface area (Å²) in [6.45, 7) is 5.69. The lowest BCUT2D eigenvalue weighted by Gasteiger charge is -2.22. The third kappa shape index (κ3) is 5.40. The fraction of sp³-hybridized carbons (Fsp3) is 0.667. The third-order valence-corrected chi connectivity index (χ3v) is 4.67. The first-order valence-electron chi connectivity index (χ1n) is 8.42. The Morgan fingerprint density at radius 3 is 2.95 bits per heavy atom. The maximum atomic E-state index is 13.2. The lowest BCUT2D eigenvalue weighted by Crippen LogP contribution is -2.28. The molecule has 0 saturated carbocycles. The van der Waals surface area contributed by atoms with Crippen LogP contribution in [0.3, 0.4) is 0 Å². The number of nitrogens with zero attached hydrogens (tertiary/aromatic N) is 1. The van der Waals surface area contributed by atoms with Gasteiger partial charge in [-0.1, -0.05) is 31.9 Å². The maximum absolute atomic E-state index is 13.2. The van der Waals surface area contributed by atoms with Crippen LogP contribution in [0.5, 0.6) is 0 Å². The van der Waals surface area contributed by atoms with Crippen LogP contribution in [0.1, 0.15) is 57.1 Å². The van der Waals surface area contributed by atoms with Crippen LogP contribution >= 0.6 is 0 Å². The van der Waals surface area contributed by atoms with Crippen molar-refractivity contribution < 1.29 is 4.39 Å². The Labute approximate surface area is 128 Å². The molecule has 1 saturated heterocycles. The number of hydrogen-bond acceptors (Lipinski definition) is 2. The molecule has 3 heteroatoms. The van der Waals surface area contributed by atoms with E-state index in [4.69, 9.17) is 5.73 Å². The van der Waals surface area contributed by atoms with E-state index >= 15 is 0 Å². The van der Waals surface area contributed by atoms with E-state index in [9.17, 15) is 4.39 Å².